The molecule has 3 amide bonds. The quantitative estimate of drug-likeness (QED) is 0.803. The highest BCUT2D eigenvalue weighted by molar-refractivity contribution is 5.94. The molecule has 1 aromatic rings. The van der Waals surface area contributed by atoms with Crippen LogP contribution in [0.25, 0.3) is 0 Å². The zero-order chi connectivity index (χ0) is 18.0. The largest absolute Gasteiger partial charge is 0.387 e. The van der Waals surface area contributed by atoms with E-state index in [2.05, 4.69) is 5.32 Å². The molecule has 7 nitrogen and oxygen atoms in total. The topological polar surface area (TPSA) is 76.1 Å². The van der Waals surface area contributed by atoms with E-state index in [9.17, 15) is 14.7 Å². The van der Waals surface area contributed by atoms with Crippen LogP contribution in [0.2, 0.25) is 0 Å². The Bertz CT molecular complexity index is 646. The van der Waals surface area contributed by atoms with Crippen LogP contribution >= 0.6 is 0 Å². The van der Waals surface area contributed by atoms with Crippen molar-refractivity contribution in [3.63, 3.8) is 0 Å². The van der Waals surface area contributed by atoms with E-state index in [1.807, 2.05) is 43.3 Å². The normalized spacial score (nSPS) is 23.4. The number of carbonyl (C=O) groups is 2. The highest BCUT2D eigenvalue weighted by Gasteiger charge is 2.38. The van der Waals surface area contributed by atoms with Crippen molar-refractivity contribution in [2.24, 2.45) is 0 Å². The number of rotatable bonds is 5. The summed E-state index contributed by atoms with van der Waals surface area (Å²) in [5.41, 5.74) is 0.940. The molecular weight excluding hydrogens is 320 g/mol. The molecule has 136 valence electrons. The van der Waals surface area contributed by atoms with Gasteiger partial charge in [-0.1, -0.05) is 12.1 Å². The number of aliphatic hydroxyl groups is 1. The van der Waals surface area contributed by atoms with Crippen LogP contribution in [0.4, 0.5) is 10.5 Å². The van der Waals surface area contributed by atoms with Gasteiger partial charge in [-0.15, -0.1) is 0 Å². The Hall–Kier alpha value is -2.12. The Morgan fingerprint density at radius 2 is 2.00 bits per heavy atom. The molecule has 0 saturated carbocycles. The van der Waals surface area contributed by atoms with E-state index in [0.717, 1.165) is 11.3 Å². The Morgan fingerprint density at radius 3 is 2.60 bits per heavy atom. The molecule has 0 unspecified atom stereocenters. The molecule has 2 saturated heterocycles. The lowest BCUT2D eigenvalue weighted by molar-refractivity contribution is -0.130. The average molecular weight is 346 g/mol. The Kier molecular flexibility index (Phi) is 4.96. The van der Waals surface area contributed by atoms with Crippen LogP contribution in [0.5, 0.6) is 0 Å². The zero-order valence-corrected chi connectivity index (χ0v) is 14.9. The van der Waals surface area contributed by atoms with Crippen LogP contribution in [0.1, 0.15) is 12.0 Å². The van der Waals surface area contributed by atoms with Crippen LogP contribution in [-0.4, -0.2) is 79.3 Å². The lowest BCUT2D eigenvalue weighted by atomic mass is 10.0. The summed E-state index contributed by atoms with van der Waals surface area (Å²) in [6, 6.07) is 7.45. The summed E-state index contributed by atoms with van der Waals surface area (Å²) in [4.78, 5) is 29.6. The smallest absolute Gasteiger partial charge is 0.321 e. The van der Waals surface area contributed by atoms with E-state index < -0.39 is 5.60 Å². The Balaban J connectivity index is 1.57. The van der Waals surface area contributed by atoms with Crippen LogP contribution in [0.15, 0.2) is 24.3 Å². The molecule has 3 rings (SSSR count). The molecule has 0 aromatic heterocycles. The fraction of sp³-hybridized carbons (Fsp3) is 0.556. The number of carbonyl (C=O) groups excluding carboxylic acids is 2. The van der Waals surface area contributed by atoms with Crippen LogP contribution in [-0.2, 0) is 11.2 Å². The van der Waals surface area contributed by atoms with Gasteiger partial charge in [0, 0.05) is 31.9 Å². The average Bonchev–Trinajstić information content (AvgIpc) is 3.13. The number of β-amino-alcohol motifs (C(OH)–C–C–N with tert-alkyl or cyclic N) is 1. The molecule has 25 heavy (non-hydrogen) atoms. The summed E-state index contributed by atoms with van der Waals surface area (Å²) in [6.45, 7) is 2.86. The van der Waals surface area contributed by atoms with E-state index in [1.54, 1.807) is 9.80 Å². The first kappa shape index (κ1) is 17.7. The molecule has 2 N–H and O–H groups in total. The number of likely N-dealkylation sites (N-methyl/N-ethyl adjacent to an activating group) is 1. The molecule has 2 aliphatic heterocycles. The second-order valence-electron chi connectivity index (χ2n) is 7.25. The minimum Gasteiger partial charge on any atom is -0.387 e. The number of amides is 3. The van der Waals surface area contributed by atoms with Crippen LogP contribution < -0.4 is 10.2 Å². The molecule has 0 radical (unpaired) electrons. The molecule has 1 aromatic carbocycles. The monoisotopic (exact) mass is 346 g/mol. The third-order valence-electron chi connectivity index (χ3n) is 4.76. The van der Waals surface area contributed by atoms with E-state index in [0.29, 0.717) is 45.6 Å². The fourth-order valence-corrected chi connectivity index (χ4v) is 3.59. The van der Waals surface area contributed by atoms with Gasteiger partial charge in [-0.25, -0.2) is 4.79 Å². The molecule has 2 aliphatic rings. The van der Waals surface area contributed by atoms with Crippen molar-refractivity contribution in [3.8, 4) is 0 Å². The zero-order valence-electron chi connectivity index (χ0n) is 14.9. The molecule has 0 bridgehead atoms. The fourth-order valence-electron chi connectivity index (χ4n) is 3.59. The molecular formula is C18H26N4O3. The Morgan fingerprint density at radius 1 is 1.28 bits per heavy atom. The van der Waals surface area contributed by atoms with E-state index in [4.69, 9.17) is 0 Å². The summed E-state index contributed by atoms with van der Waals surface area (Å²) in [7, 11) is 3.84. The maximum absolute atomic E-state index is 12.5. The second-order valence-corrected chi connectivity index (χ2v) is 7.25. The second kappa shape index (κ2) is 7.01. The van der Waals surface area contributed by atoms with Crippen molar-refractivity contribution in [1.82, 2.24) is 15.1 Å². The minimum atomic E-state index is -0.813. The number of anilines is 1. The molecule has 2 heterocycles. The number of hydrogen-bond donors (Lipinski definition) is 2. The molecule has 0 spiro atoms. The number of likely N-dealkylation sites (tertiary alicyclic amines) is 1. The number of benzene rings is 1. The molecule has 2 fully saturated rings. The predicted molar refractivity (Wildman–Crippen MR) is 95.6 cm³/mol. The van der Waals surface area contributed by atoms with Gasteiger partial charge in [0.15, 0.2) is 0 Å². The van der Waals surface area contributed by atoms with Crippen molar-refractivity contribution >= 4 is 17.6 Å². The van der Waals surface area contributed by atoms with Gasteiger partial charge in [-0.2, -0.15) is 0 Å². The number of nitrogens with one attached hydrogen (secondary N) is 1. The van der Waals surface area contributed by atoms with Gasteiger partial charge in [0.2, 0.25) is 5.91 Å². The standard InChI is InChI=1S/C18H26N4O3/c1-20(2)12-18(25)7-9-21(13-18)16(23)11-14-3-5-15(6-4-14)22-10-8-19-17(22)24/h3-6,25H,7-13H2,1-2H3,(H,19,24)/t18-/m0/s1. The highest BCUT2D eigenvalue weighted by Crippen LogP contribution is 2.23. The van der Waals surface area contributed by atoms with E-state index >= 15 is 0 Å². The third-order valence-corrected chi connectivity index (χ3v) is 4.76. The van der Waals surface area contributed by atoms with Gasteiger partial charge in [0.25, 0.3) is 0 Å². The summed E-state index contributed by atoms with van der Waals surface area (Å²) >= 11 is 0. The minimum absolute atomic E-state index is 0.0290. The summed E-state index contributed by atoms with van der Waals surface area (Å²) in [5.74, 6) is 0.0290. The van der Waals surface area contributed by atoms with Gasteiger partial charge in [-0.3, -0.25) is 9.69 Å². The summed E-state index contributed by atoms with van der Waals surface area (Å²) in [5, 5.41) is 13.3. The van der Waals surface area contributed by atoms with Crippen molar-refractivity contribution in [3.05, 3.63) is 29.8 Å². The molecule has 1 atom stereocenters. The van der Waals surface area contributed by atoms with Gasteiger partial charge in [0.05, 0.1) is 18.6 Å². The summed E-state index contributed by atoms with van der Waals surface area (Å²) in [6.07, 6.45) is 0.921. The number of nitrogens with zero attached hydrogens (tertiary/aromatic N) is 3. The van der Waals surface area contributed by atoms with Crippen LogP contribution in [0, 0.1) is 0 Å². The van der Waals surface area contributed by atoms with E-state index in [1.165, 1.54) is 0 Å². The summed E-state index contributed by atoms with van der Waals surface area (Å²) < 4.78 is 0. The third kappa shape index (κ3) is 4.11. The predicted octanol–water partition coefficient (Wildman–Crippen LogP) is 0.284. The first-order valence-electron chi connectivity index (χ1n) is 8.65. The first-order chi connectivity index (χ1) is 11.9. The van der Waals surface area contributed by atoms with Gasteiger partial charge in [0.1, 0.15) is 0 Å². The van der Waals surface area contributed by atoms with E-state index in [-0.39, 0.29) is 11.9 Å². The SMILES string of the molecule is CN(C)C[C@@]1(O)CCN(C(=O)Cc2ccc(N3CCNC3=O)cc2)C1. The maximum Gasteiger partial charge on any atom is 0.321 e. The van der Waals surface area contributed by atoms with Crippen LogP contribution in [0.3, 0.4) is 0 Å². The van der Waals surface area contributed by atoms with Gasteiger partial charge in [-0.05, 0) is 38.2 Å². The van der Waals surface area contributed by atoms with Gasteiger partial charge >= 0.3 is 6.03 Å². The highest BCUT2D eigenvalue weighted by atomic mass is 16.3. The molecule has 0 aliphatic carbocycles. The van der Waals surface area contributed by atoms with Crippen molar-refractivity contribution < 1.29 is 14.7 Å². The van der Waals surface area contributed by atoms with Gasteiger partial charge < -0.3 is 20.2 Å². The van der Waals surface area contributed by atoms with Crippen molar-refractivity contribution in [1.29, 1.82) is 0 Å². The first-order valence-corrected chi connectivity index (χ1v) is 8.65. The van der Waals surface area contributed by atoms with Crippen molar-refractivity contribution in [2.75, 3.05) is 51.7 Å². The number of hydrogen-bond acceptors (Lipinski definition) is 4. The lowest BCUT2D eigenvalue weighted by Gasteiger charge is -2.26. The molecule has 7 heteroatoms. The van der Waals surface area contributed by atoms with Crippen molar-refractivity contribution in [2.45, 2.75) is 18.4 Å². The maximum atomic E-state index is 12.5. The lowest BCUT2D eigenvalue weighted by Crippen LogP contribution is -2.43. The Labute approximate surface area is 148 Å². The number of urea groups is 1.